The fourth-order valence-corrected chi connectivity index (χ4v) is 3.12. The number of rotatable bonds is 5. The molecule has 0 unspecified atom stereocenters. The molecule has 6 heterocycles. The van der Waals surface area contributed by atoms with E-state index in [4.69, 9.17) is 0 Å². The van der Waals surface area contributed by atoms with Crippen LogP contribution in [0.5, 0.6) is 0 Å². The van der Waals surface area contributed by atoms with Crippen molar-refractivity contribution in [2.75, 3.05) is 0 Å². The summed E-state index contributed by atoms with van der Waals surface area (Å²) in [4.78, 5) is 44.7. The summed E-state index contributed by atoms with van der Waals surface area (Å²) in [5, 5.41) is 0. The van der Waals surface area contributed by atoms with Gasteiger partial charge in [0.2, 0.25) is 0 Å². The van der Waals surface area contributed by atoms with E-state index < -0.39 is 0 Å². The normalized spacial score (nSPS) is 11.3. The monoisotopic (exact) mass is 398 g/mol. The minimum Gasteiger partial charge on any atom is -0.343 e. The lowest BCUT2D eigenvalue weighted by Gasteiger charge is -1.93. The molecular formula is C18H14N12. The molecule has 30 heavy (non-hydrogen) atoms. The summed E-state index contributed by atoms with van der Waals surface area (Å²) in [5.74, 6) is 2.54. The van der Waals surface area contributed by atoms with E-state index in [0.29, 0.717) is 23.3 Å². The summed E-state index contributed by atoms with van der Waals surface area (Å²) in [7, 11) is 0. The topological polar surface area (TPSA) is 172 Å². The Kier molecular flexibility index (Phi) is 3.47. The average molecular weight is 398 g/mol. The maximum atomic E-state index is 4.44. The van der Waals surface area contributed by atoms with Gasteiger partial charge in [-0.3, -0.25) is 0 Å². The molecule has 0 fully saturated rings. The van der Waals surface area contributed by atoms with Crippen LogP contribution in [0.4, 0.5) is 0 Å². The summed E-state index contributed by atoms with van der Waals surface area (Å²) in [5.41, 5.74) is 4.87. The highest BCUT2D eigenvalue weighted by molar-refractivity contribution is 5.63. The summed E-state index contributed by atoms with van der Waals surface area (Å²) < 4.78 is 0. The van der Waals surface area contributed by atoms with E-state index in [1.165, 1.54) is 0 Å². The van der Waals surface area contributed by atoms with Crippen LogP contribution in [-0.4, -0.2) is 59.8 Å². The molecule has 0 radical (unpaired) electrons. The molecule has 6 aromatic heterocycles. The highest BCUT2D eigenvalue weighted by Crippen LogP contribution is 2.24. The second kappa shape index (κ2) is 6.41. The minimum absolute atomic E-state index is 0.605. The van der Waals surface area contributed by atoms with Crippen molar-refractivity contribution in [3.8, 4) is 57.5 Å². The Labute approximate surface area is 167 Å². The quantitative estimate of drug-likeness (QED) is 0.260. The second-order valence-electron chi connectivity index (χ2n) is 6.51. The van der Waals surface area contributed by atoms with Crippen molar-refractivity contribution in [3.05, 3.63) is 49.8 Å². The van der Waals surface area contributed by atoms with Gasteiger partial charge in [-0.05, 0) is 0 Å². The summed E-state index contributed by atoms with van der Waals surface area (Å²) >= 11 is 0. The largest absolute Gasteiger partial charge is 0.343 e. The van der Waals surface area contributed by atoms with E-state index in [1.807, 2.05) is 0 Å². The number of hydrogen-bond donors (Lipinski definition) is 6. The summed E-state index contributed by atoms with van der Waals surface area (Å²) in [6, 6.07) is 0. The zero-order valence-electron chi connectivity index (χ0n) is 15.3. The van der Waals surface area contributed by atoms with Crippen LogP contribution in [0, 0.1) is 0 Å². The van der Waals surface area contributed by atoms with Crippen LogP contribution in [0.25, 0.3) is 57.5 Å². The first kappa shape index (κ1) is 16.2. The van der Waals surface area contributed by atoms with Crippen LogP contribution >= 0.6 is 0 Å². The van der Waals surface area contributed by atoms with Gasteiger partial charge >= 0.3 is 0 Å². The van der Waals surface area contributed by atoms with Crippen LogP contribution in [0.3, 0.4) is 0 Å². The third kappa shape index (κ3) is 2.71. The predicted octanol–water partition coefficient (Wildman–Crippen LogP) is 2.36. The molecule has 0 aliphatic rings. The highest BCUT2D eigenvalue weighted by Gasteiger charge is 2.14. The molecule has 0 saturated heterocycles. The average Bonchev–Trinajstić information content (AvgIpc) is 3.62. The van der Waals surface area contributed by atoms with Gasteiger partial charge in [-0.25, -0.2) is 29.9 Å². The van der Waals surface area contributed by atoms with Gasteiger partial charge in [-0.2, -0.15) is 0 Å². The van der Waals surface area contributed by atoms with Crippen LogP contribution in [-0.2, 0) is 0 Å². The van der Waals surface area contributed by atoms with E-state index in [2.05, 4.69) is 59.8 Å². The number of aromatic amines is 6. The van der Waals surface area contributed by atoms with Gasteiger partial charge in [0.15, 0.2) is 23.3 Å². The Morgan fingerprint density at radius 1 is 0.400 bits per heavy atom. The number of imidazole rings is 6. The molecule has 6 aromatic rings. The molecular weight excluding hydrogens is 384 g/mol. The molecule has 0 amide bonds. The zero-order chi connectivity index (χ0) is 19.9. The Hall–Kier alpha value is -4.74. The van der Waals surface area contributed by atoms with Crippen molar-refractivity contribution in [2.45, 2.75) is 0 Å². The van der Waals surface area contributed by atoms with E-state index in [-0.39, 0.29) is 0 Å². The summed E-state index contributed by atoms with van der Waals surface area (Å²) in [6.45, 7) is 0. The maximum Gasteiger partial charge on any atom is 0.174 e. The van der Waals surface area contributed by atoms with Crippen LogP contribution in [0.2, 0.25) is 0 Å². The molecule has 0 atom stereocenters. The Morgan fingerprint density at radius 3 is 1.30 bits per heavy atom. The van der Waals surface area contributed by atoms with Gasteiger partial charge in [0, 0.05) is 0 Å². The van der Waals surface area contributed by atoms with Gasteiger partial charge < -0.3 is 29.9 Å². The molecule has 146 valence electrons. The van der Waals surface area contributed by atoms with Crippen LogP contribution in [0.1, 0.15) is 0 Å². The first-order valence-corrected chi connectivity index (χ1v) is 9.02. The van der Waals surface area contributed by atoms with E-state index in [0.717, 1.165) is 34.2 Å². The number of aromatic nitrogens is 12. The Bertz CT molecular complexity index is 1280. The molecule has 0 aliphatic heterocycles. The van der Waals surface area contributed by atoms with Gasteiger partial charge in [-0.1, -0.05) is 0 Å². The molecule has 6 rings (SSSR count). The van der Waals surface area contributed by atoms with Gasteiger partial charge in [0.05, 0.1) is 72.6 Å². The zero-order valence-corrected chi connectivity index (χ0v) is 15.3. The number of nitrogens with one attached hydrogen (secondary N) is 6. The lowest BCUT2D eigenvalue weighted by molar-refractivity contribution is 1.19. The van der Waals surface area contributed by atoms with E-state index in [9.17, 15) is 0 Å². The molecule has 6 N–H and O–H groups in total. The van der Waals surface area contributed by atoms with E-state index in [1.54, 1.807) is 49.8 Å². The van der Waals surface area contributed by atoms with Crippen molar-refractivity contribution < 1.29 is 0 Å². The molecule has 0 aliphatic carbocycles. The first-order valence-electron chi connectivity index (χ1n) is 9.02. The first-order chi connectivity index (χ1) is 14.8. The molecule has 0 saturated carbocycles. The molecule has 0 aromatic carbocycles. The molecule has 12 heteroatoms. The Balaban J connectivity index is 1.26. The maximum absolute atomic E-state index is 4.44. The van der Waals surface area contributed by atoms with Crippen LogP contribution in [0.15, 0.2) is 49.8 Å². The summed E-state index contributed by atoms with van der Waals surface area (Å²) in [6.07, 6.45) is 13.6. The van der Waals surface area contributed by atoms with Crippen molar-refractivity contribution >= 4 is 0 Å². The highest BCUT2D eigenvalue weighted by atomic mass is 15.1. The van der Waals surface area contributed by atoms with Gasteiger partial charge in [0.1, 0.15) is 11.4 Å². The molecule has 0 spiro atoms. The molecule has 0 bridgehead atoms. The fourth-order valence-electron chi connectivity index (χ4n) is 3.12. The Morgan fingerprint density at radius 2 is 0.800 bits per heavy atom. The molecule has 12 nitrogen and oxygen atoms in total. The fraction of sp³-hybridized carbons (Fsp3) is 0. The third-order valence-corrected chi connectivity index (χ3v) is 4.61. The second-order valence-corrected chi connectivity index (χ2v) is 6.51. The number of H-pyrrole nitrogens is 6. The lowest BCUT2D eigenvalue weighted by Crippen LogP contribution is -1.85. The standard InChI is InChI=1S/C18H14N12/c1-9(25-7-19-1)11-3-21-15(27-11)13-5-22-16(29-13)14-6-24-18(30-14)17-23-4-12(28-17)10-2-20-8-26-10/h1-8H,(H,19,25)(H,20,26)(H,21,27)(H,22,29)(H,23,28)(H,24,30). The SMILES string of the molecule is c1ncc(-c2cnc(-c3cnc(-c4cnc(-c5ncc(-c6cnc[nH]6)[nH]5)[nH]4)[nH]3)[nH]2)[nH]1. The predicted molar refractivity (Wildman–Crippen MR) is 106 cm³/mol. The lowest BCUT2D eigenvalue weighted by atomic mass is 10.4. The van der Waals surface area contributed by atoms with Gasteiger partial charge in [-0.15, -0.1) is 0 Å². The minimum atomic E-state index is 0.605. The van der Waals surface area contributed by atoms with Crippen molar-refractivity contribution in [1.29, 1.82) is 0 Å². The number of hydrogen-bond acceptors (Lipinski definition) is 6. The van der Waals surface area contributed by atoms with Crippen molar-refractivity contribution in [1.82, 2.24) is 59.8 Å². The van der Waals surface area contributed by atoms with Crippen LogP contribution < -0.4 is 0 Å². The van der Waals surface area contributed by atoms with Crippen molar-refractivity contribution in [3.63, 3.8) is 0 Å². The van der Waals surface area contributed by atoms with Crippen molar-refractivity contribution in [2.24, 2.45) is 0 Å². The third-order valence-electron chi connectivity index (χ3n) is 4.61. The number of nitrogens with zero attached hydrogens (tertiary/aromatic N) is 6. The van der Waals surface area contributed by atoms with Gasteiger partial charge in [0.25, 0.3) is 0 Å². The smallest absolute Gasteiger partial charge is 0.174 e. The van der Waals surface area contributed by atoms with E-state index >= 15 is 0 Å².